The van der Waals surface area contributed by atoms with Crippen LogP contribution < -0.4 is 5.32 Å². The summed E-state index contributed by atoms with van der Waals surface area (Å²) < 4.78 is 20.7. The van der Waals surface area contributed by atoms with E-state index in [0.717, 1.165) is 62.9 Å². The quantitative estimate of drug-likeness (QED) is 0.708. The zero-order valence-corrected chi connectivity index (χ0v) is 17.0. The number of hydrogen-bond donors (Lipinski definition) is 1. The highest BCUT2D eigenvalue weighted by Crippen LogP contribution is 2.33. The number of likely N-dealkylation sites (tertiary alicyclic amines) is 1. The minimum absolute atomic E-state index is 0.280. The highest BCUT2D eigenvalue weighted by Gasteiger charge is 2.25. The molecule has 1 aliphatic carbocycles. The summed E-state index contributed by atoms with van der Waals surface area (Å²) in [5.74, 6) is 1.31. The second kappa shape index (κ2) is 7.78. The van der Waals surface area contributed by atoms with Gasteiger partial charge in [-0.3, -0.25) is 4.68 Å². The number of rotatable bonds is 5. The van der Waals surface area contributed by atoms with Crippen LogP contribution in [0.4, 0.5) is 10.2 Å². The third-order valence-corrected chi connectivity index (χ3v) is 6.48. The second-order valence-electron chi connectivity index (χ2n) is 8.36. The Hall–Kier alpha value is -2.41. The van der Waals surface area contributed by atoms with Crippen molar-refractivity contribution in [2.75, 3.05) is 31.5 Å². The molecule has 0 unspecified atom stereocenters. The standard InChI is InChI=1S/C22H28FN5O/c1-27-22(17-4-2-3-5-19(17)25-27)24-10-13-28-11-8-15(9-12-28)21-18-7-6-16(23)14-20(18)29-26-21/h6-7,14-15,24H,2-5,8-13H2,1H3. The van der Waals surface area contributed by atoms with Crippen LogP contribution in [0.25, 0.3) is 11.0 Å². The maximum Gasteiger partial charge on any atom is 0.170 e. The van der Waals surface area contributed by atoms with Gasteiger partial charge in [-0.2, -0.15) is 5.10 Å². The molecular formula is C22H28FN5O. The van der Waals surface area contributed by atoms with Gasteiger partial charge in [-0.25, -0.2) is 4.39 Å². The minimum atomic E-state index is -0.280. The first-order valence-corrected chi connectivity index (χ1v) is 10.7. The van der Waals surface area contributed by atoms with Crippen molar-refractivity contribution in [3.05, 3.63) is 41.0 Å². The monoisotopic (exact) mass is 397 g/mol. The van der Waals surface area contributed by atoms with Crippen LogP contribution in [-0.4, -0.2) is 46.0 Å². The number of piperidine rings is 1. The maximum atomic E-state index is 13.4. The van der Waals surface area contributed by atoms with Crippen molar-refractivity contribution in [1.29, 1.82) is 0 Å². The molecule has 3 heterocycles. The Kier molecular flexibility index (Phi) is 4.99. The van der Waals surface area contributed by atoms with Crippen LogP contribution in [0.3, 0.4) is 0 Å². The first kappa shape index (κ1) is 18.6. The predicted octanol–water partition coefficient (Wildman–Crippen LogP) is 3.87. The van der Waals surface area contributed by atoms with Crippen molar-refractivity contribution in [2.45, 2.75) is 44.4 Å². The summed E-state index contributed by atoms with van der Waals surface area (Å²) in [5, 5.41) is 13.5. The normalized spacial score (nSPS) is 18.3. The summed E-state index contributed by atoms with van der Waals surface area (Å²) in [5.41, 5.74) is 4.24. The number of nitrogens with one attached hydrogen (secondary N) is 1. The van der Waals surface area contributed by atoms with Gasteiger partial charge in [0.1, 0.15) is 11.6 Å². The molecule has 0 atom stereocenters. The van der Waals surface area contributed by atoms with Crippen molar-refractivity contribution in [2.24, 2.45) is 7.05 Å². The molecule has 2 aliphatic rings. The number of anilines is 1. The molecule has 1 aliphatic heterocycles. The largest absolute Gasteiger partial charge is 0.369 e. The molecule has 3 aromatic rings. The molecule has 0 bridgehead atoms. The van der Waals surface area contributed by atoms with Gasteiger partial charge in [-0.05, 0) is 63.7 Å². The molecule has 0 saturated carbocycles. The lowest BCUT2D eigenvalue weighted by atomic mass is 9.91. The summed E-state index contributed by atoms with van der Waals surface area (Å²) in [6.45, 7) is 4.05. The van der Waals surface area contributed by atoms with E-state index in [4.69, 9.17) is 4.52 Å². The van der Waals surface area contributed by atoms with E-state index in [-0.39, 0.29) is 5.82 Å². The molecule has 29 heavy (non-hydrogen) atoms. The molecule has 1 aromatic carbocycles. The first-order chi connectivity index (χ1) is 14.2. The predicted molar refractivity (Wildman–Crippen MR) is 111 cm³/mol. The second-order valence-corrected chi connectivity index (χ2v) is 8.36. The Morgan fingerprint density at radius 3 is 2.90 bits per heavy atom. The number of halogens is 1. The van der Waals surface area contributed by atoms with E-state index in [1.807, 2.05) is 11.7 Å². The van der Waals surface area contributed by atoms with Crippen LogP contribution in [0, 0.1) is 5.82 Å². The highest BCUT2D eigenvalue weighted by molar-refractivity contribution is 5.79. The molecule has 0 radical (unpaired) electrons. The Morgan fingerprint density at radius 2 is 2.03 bits per heavy atom. The smallest absolute Gasteiger partial charge is 0.170 e. The topological polar surface area (TPSA) is 59.1 Å². The first-order valence-electron chi connectivity index (χ1n) is 10.7. The van der Waals surface area contributed by atoms with Crippen LogP contribution in [0.2, 0.25) is 0 Å². The third kappa shape index (κ3) is 3.64. The number of aryl methyl sites for hydroxylation is 2. The van der Waals surface area contributed by atoms with E-state index in [1.54, 1.807) is 6.07 Å². The van der Waals surface area contributed by atoms with Crippen molar-refractivity contribution in [3.63, 3.8) is 0 Å². The zero-order valence-electron chi connectivity index (χ0n) is 17.0. The van der Waals surface area contributed by atoms with Gasteiger partial charge in [-0.15, -0.1) is 0 Å². The number of fused-ring (bicyclic) bond motifs is 2. The molecule has 7 heteroatoms. The summed E-state index contributed by atoms with van der Waals surface area (Å²) in [7, 11) is 2.04. The average molecular weight is 397 g/mol. The van der Waals surface area contributed by atoms with Gasteiger partial charge in [0.05, 0.1) is 11.4 Å². The van der Waals surface area contributed by atoms with Gasteiger partial charge in [0, 0.05) is 43.1 Å². The number of hydrogen-bond acceptors (Lipinski definition) is 5. The molecule has 5 rings (SSSR count). The van der Waals surface area contributed by atoms with Crippen LogP contribution in [-0.2, 0) is 19.9 Å². The molecule has 6 nitrogen and oxygen atoms in total. The Bertz CT molecular complexity index is 1000. The van der Waals surface area contributed by atoms with Crippen LogP contribution in [0.15, 0.2) is 22.7 Å². The van der Waals surface area contributed by atoms with E-state index >= 15 is 0 Å². The molecule has 0 spiro atoms. The van der Waals surface area contributed by atoms with Crippen molar-refractivity contribution in [3.8, 4) is 0 Å². The SMILES string of the molecule is Cn1nc2c(c1NCCN1CCC(c3noc4cc(F)ccc34)CC1)CCCC2. The van der Waals surface area contributed by atoms with E-state index in [1.165, 1.54) is 42.0 Å². The molecule has 1 saturated heterocycles. The van der Waals surface area contributed by atoms with E-state index in [9.17, 15) is 4.39 Å². The third-order valence-electron chi connectivity index (χ3n) is 6.48. The van der Waals surface area contributed by atoms with Crippen molar-refractivity contribution < 1.29 is 8.91 Å². The van der Waals surface area contributed by atoms with Gasteiger partial charge < -0.3 is 14.7 Å². The zero-order chi connectivity index (χ0) is 19.8. The van der Waals surface area contributed by atoms with Crippen LogP contribution in [0.5, 0.6) is 0 Å². The number of aromatic nitrogens is 3. The van der Waals surface area contributed by atoms with E-state index in [2.05, 4.69) is 20.5 Å². The lowest BCUT2D eigenvalue weighted by Crippen LogP contribution is -2.36. The lowest BCUT2D eigenvalue weighted by Gasteiger charge is -2.31. The van der Waals surface area contributed by atoms with Crippen molar-refractivity contribution >= 4 is 16.8 Å². The number of nitrogens with zero attached hydrogens (tertiary/aromatic N) is 4. The fourth-order valence-electron chi connectivity index (χ4n) is 4.89. The minimum Gasteiger partial charge on any atom is -0.369 e. The fourth-order valence-corrected chi connectivity index (χ4v) is 4.89. The van der Waals surface area contributed by atoms with Gasteiger partial charge in [0.25, 0.3) is 0 Å². The lowest BCUT2D eigenvalue weighted by molar-refractivity contribution is 0.216. The summed E-state index contributed by atoms with van der Waals surface area (Å²) >= 11 is 0. The fraction of sp³-hybridized carbons (Fsp3) is 0.545. The molecular weight excluding hydrogens is 369 g/mol. The van der Waals surface area contributed by atoms with Gasteiger partial charge in [-0.1, -0.05) is 5.16 Å². The summed E-state index contributed by atoms with van der Waals surface area (Å²) in [6, 6.07) is 4.70. The van der Waals surface area contributed by atoms with Crippen LogP contribution >= 0.6 is 0 Å². The summed E-state index contributed by atoms with van der Waals surface area (Å²) in [6.07, 6.45) is 6.90. The van der Waals surface area contributed by atoms with Crippen molar-refractivity contribution in [1.82, 2.24) is 19.8 Å². The Morgan fingerprint density at radius 1 is 1.21 bits per heavy atom. The van der Waals surface area contributed by atoms with E-state index in [0.29, 0.717) is 11.5 Å². The van der Waals surface area contributed by atoms with Gasteiger partial charge in [0.2, 0.25) is 0 Å². The van der Waals surface area contributed by atoms with Gasteiger partial charge >= 0.3 is 0 Å². The molecule has 154 valence electrons. The molecule has 1 fully saturated rings. The molecule has 1 N–H and O–H groups in total. The maximum absolute atomic E-state index is 13.4. The number of benzene rings is 1. The van der Waals surface area contributed by atoms with Gasteiger partial charge in [0.15, 0.2) is 5.58 Å². The Labute approximate surface area is 170 Å². The summed E-state index contributed by atoms with van der Waals surface area (Å²) in [4.78, 5) is 2.51. The Balaban J connectivity index is 1.15. The van der Waals surface area contributed by atoms with Crippen LogP contribution in [0.1, 0.15) is 48.6 Å². The molecule has 0 amide bonds. The van der Waals surface area contributed by atoms with E-state index < -0.39 is 0 Å². The highest BCUT2D eigenvalue weighted by atomic mass is 19.1. The molecule has 2 aromatic heterocycles. The average Bonchev–Trinajstić information content (AvgIpc) is 3.29.